The van der Waals surface area contributed by atoms with Crippen LogP contribution in [0.5, 0.6) is 5.75 Å². The number of phenols is 1. The Morgan fingerprint density at radius 1 is 1.10 bits per heavy atom. The molecule has 1 aromatic heterocycles. The molecule has 6 nitrogen and oxygen atoms in total. The Hall–Kier alpha value is -3.15. The van der Waals surface area contributed by atoms with E-state index in [1.165, 1.54) is 6.34 Å². The zero-order valence-electron chi connectivity index (χ0n) is 10.9. The van der Waals surface area contributed by atoms with Crippen LogP contribution in [0.25, 0.3) is 12.2 Å². The number of rotatable bonds is 2. The van der Waals surface area contributed by atoms with Gasteiger partial charge in [-0.1, -0.05) is 12.1 Å². The summed E-state index contributed by atoms with van der Waals surface area (Å²) < 4.78 is 0. The molecule has 1 aromatic carbocycles. The van der Waals surface area contributed by atoms with E-state index in [1.54, 1.807) is 48.7 Å². The maximum absolute atomic E-state index is 11.8. The van der Waals surface area contributed by atoms with Gasteiger partial charge in [-0.05, 0) is 35.9 Å². The van der Waals surface area contributed by atoms with Gasteiger partial charge in [0.1, 0.15) is 22.9 Å². The van der Waals surface area contributed by atoms with Crippen LogP contribution in [0.2, 0.25) is 0 Å². The highest BCUT2D eigenvalue weighted by Crippen LogP contribution is 2.09. The number of allylic oxidation sites excluding steroid dienone is 2. The number of benzene rings is 1. The van der Waals surface area contributed by atoms with E-state index >= 15 is 0 Å². The third kappa shape index (κ3) is 3.06. The normalized spacial score (nSPS) is 17.2. The van der Waals surface area contributed by atoms with Gasteiger partial charge in [0.25, 0.3) is 5.56 Å². The number of phenolic OH excluding ortho intramolecular Hbond substituents is 1. The molecule has 0 saturated carbocycles. The van der Waals surface area contributed by atoms with Crippen molar-refractivity contribution >= 4 is 24.7 Å². The summed E-state index contributed by atoms with van der Waals surface area (Å²) in [5.41, 5.74) is 1.90. The van der Waals surface area contributed by atoms with Gasteiger partial charge in [-0.3, -0.25) is 4.79 Å². The quantitative estimate of drug-likeness (QED) is 0.723. The molecule has 0 unspecified atom stereocenters. The highest BCUT2D eigenvalue weighted by atomic mass is 16.3. The Kier molecular flexibility index (Phi) is 3.34. The number of hydrogen-bond donors (Lipinski definition) is 3. The Balaban J connectivity index is 1.98. The summed E-state index contributed by atoms with van der Waals surface area (Å²) in [5.74, 6) is 0.187. The number of aliphatic imine (C=N–C) groups is 2. The first-order valence-corrected chi connectivity index (χ1v) is 6.27. The summed E-state index contributed by atoms with van der Waals surface area (Å²) >= 11 is 0. The van der Waals surface area contributed by atoms with E-state index in [-0.39, 0.29) is 11.3 Å². The van der Waals surface area contributed by atoms with Crippen LogP contribution in [0.15, 0.2) is 50.8 Å². The van der Waals surface area contributed by atoms with Gasteiger partial charge < -0.3 is 15.1 Å². The Morgan fingerprint density at radius 2 is 1.90 bits per heavy atom. The number of aromatic hydroxyl groups is 1. The largest absolute Gasteiger partial charge is 0.508 e. The van der Waals surface area contributed by atoms with Crippen LogP contribution in [0, 0.1) is 0 Å². The average molecular weight is 280 g/mol. The van der Waals surface area contributed by atoms with Crippen LogP contribution in [0.3, 0.4) is 0 Å². The zero-order valence-corrected chi connectivity index (χ0v) is 10.9. The monoisotopic (exact) mass is 280 g/mol. The average Bonchev–Trinajstić information content (AvgIpc) is 3.10. The van der Waals surface area contributed by atoms with Crippen LogP contribution in [0.1, 0.15) is 5.56 Å². The molecule has 0 bridgehead atoms. The molecule has 21 heavy (non-hydrogen) atoms. The molecule has 1 aliphatic heterocycles. The fourth-order valence-corrected chi connectivity index (χ4v) is 1.84. The summed E-state index contributed by atoms with van der Waals surface area (Å²) in [4.78, 5) is 25.4. The maximum atomic E-state index is 11.8. The molecular weight excluding hydrogens is 268 g/mol. The van der Waals surface area contributed by atoms with E-state index in [0.717, 1.165) is 11.3 Å². The predicted octanol–water partition coefficient (Wildman–Crippen LogP) is 0.0145. The molecule has 0 aliphatic carbocycles. The van der Waals surface area contributed by atoms with Crippen LogP contribution in [-0.4, -0.2) is 27.6 Å². The number of aromatic nitrogens is 2. The molecule has 104 valence electrons. The van der Waals surface area contributed by atoms with Gasteiger partial charge in [-0.2, -0.15) is 0 Å². The van der Waals surface area contributed by atoms with Crippen molar-refractivity contribution in [3.63, 3.8) is 0 Å². The molecule has 0 spiro atoms. The Morgan fingerprint density at radius 3 is 2.62 bits per heavy atom. The maximum Gasteiger partial charge on any atom is 0.273 e. The summed E-state index contributed by atoms with van der Waals surface area (Å²) in [5, 5.41) is 9.67. The van der Waals surface area contributed by atoms with Gasteiger partial charge >= 0.3 is 0 Å². The third-order valence-electron chi connectivity index (χ3n) is 2.87. The summed E-state index contributed by atoms with van der Waals surface area (Å²) in [6.07, 6.45) is 8.26. The van der Waals surface area contributed by atoms with Gasteiger partial charge in [0.05, 0.1) is 11.9 Å². The zero-order chi connectivity index (χ0) is 14.7. The van der Waals surface area contributed by atoms with Crippen molar-refractivity contribution in [1.82, 2.24) is 9.97 Å². The van der Waals surface area contributed by atoms with Crippen LogP contribution >= 0.6 is 0 Å². The van der Waals surface area contributed by atoms with Gasteiger partial charge in [-0.25, -0.2) is 9.98 Å². The number of imidazole rings is 1. The van der Waals surface area contributed by atoms with Crippen molar-refractivity contribution in [3.8, 4) is 5.75 Å². The smallest absolute Gasteiger partial charge is 0.273 e. The van der Waals surface area contributed by atoms with Crippen molar-refractivity contribution < 1.29 is 5.11 Å². The summed E-state index contributed by atoms with van der Waals surface area (Å²) in [7, 11) is 0. The fourth-order valence-electron chi connectivity index (χ4n) is 1.84. The van der Waals surface area contributed by atoms with Crippen molar-refractivity contribution in [2.75, 3.05) is 0 Å². The molecule has 3 rings (SSSR count). The van der Waals surface area contributed by atoms with Crippen molar-refractivity contribution in [1.29, 1.82) is 0 Å². The lowest BCUT2D eigenvalue weighted by molar-refractivity contribution is 0.475. The molecule has 2 heterocycles. The minimum absolute atomic E-state index is 0.187. The van der Waals surface area contributed by atoms with Gasteiger partial charge in [0, 0.05) is 0 Å². The second kappa shape index (κ2) is 5.46. The molecule has 0 radical (unpaired) electrons. The second-order valence-electron chi connectivity index (χ2n) is 4.42. The number of hydrogen-bond acceptors (Lipinski definition) is 4. The van der Waals surface area contributed by atoms with Crippen LogP contribution in [-0.2, 0) is 0 Å². The first-order chi connectivity index (χ1) is 10.2. The third-order valence-corrected chi connectivity index (χ3v) is 2.87. The molecular formula is C15H12N4O2. The lowest BCUT2D eigenvalue weighted by atomic mass is 10.2. The minimum atomic E-state index is -0.212. The molecule has 0 fully saturated rings. The molecule has 2 aromatic rings. The predicted molar refractivity (Wildman–Crippen MR) is 81.9 cm³/mol. The molecule has 1 aliphatic rings. The van der Waals surface area contributed by atoms with Crippen LogP contribution in [0.4, 0.5) is 0 Å². The van der Waals surface area contributed by atoms with Crippen molar-refractivity contribution in [2.45, 2.75) is 0 Å². The second-order valence-corrected chi connectivity index (χ2v) is 4.42. The molecule has 0 saturated heterocycles. The van der Waals surface area contributed by atoms with E-state index < -0.39 is 0 Å². The minimum Gasteiger partial charge on any atom is -0.508 e. The van der Waals surface area contributed by atoms with E-state index in [0.29, 0.717) is 10.8 Å². The first-order valence-electron chi connectivity index (χ1n) is 6.27. The van der Waals surface area contributed by atoms with Gasteiger partial charge in [0.2, 0.25) is 0 Å². The number of nitrogens with one attached hydrogen (secondary N) is 2. The van der Waals surface area contributed by atoms with E-state index in [9.17, 15) is 9.90 Å². The molecule has 6 heteroatoms. The van der Waals surface area contributed by atoms with Gasteiger partial charge in [0.15, 0.2) is 0 Å². The number of H-pyrrole nitrogens is 2. The Bertz CT molecular complexity index is 898. The van der Waals surface area contributed by atoms with E-state index in [1.807, 2.05) is 0 Å². The lowest BCUT2D eigenvalue weighted by Gasteiger charge is -1.92. The standard InChI is InChI=1S/C15H12N4O2/c20-12-4-1-10(2-5-12)7-13-15(21)19-14(18-13)6-3-11-8-16-9-17-11/h1-9,18,20H,(H,19,21)/b11-3-,13-7+,14-6+. The highest BCUT2D eigenvalue weighted by Gasteiger charge is 1.95. The van der Waals surface area contributed by atoms with Crippen molar-refractivity contribution in [3.05, 3.63) is 62.8 Å². The summed E-state index contributed by atoms with van der Waals surface area (Å²) in [6.45, 7) is 0. The first kappa shape index (κ1) is 12.9. The van der Waals surface area contributed by atoms with Crippen molar-refractivity contribution in [2.24, 2.45) is 9.98 Å². The molecule has 0 atom stereocenters. The molecule has 0 amide bonds. The lowest BCUT2D eigenvalue weighted by Crippen LogP contribution is -2.22. The SMILES string of the molecule is O=c1[nH]/c(=C/C=C2/C=NC=N2)[nH]/c1=C/c1ccc(O)cc1. The molecule has 3 N–H and O–H groups in total. The highest BCUT2D eigenvalue weighted by molar-refractivity contribution is 5.92. The fraction of sp³-hybridized carbons (Fsp3) is 0. The number of nitrogens with zero attached hydrogens (tertiary/aromatic N) is 2. The number of aromatic amines is 2. The summed E-state index contributed by atoms with van der Waals surface area (Å²) in [6, 6.07) is 6.59. The van der Waals surface area contributed by atoms with Gasteiger partial charge in [-0.15, -0.1) is 0 Å². The van der Waals surface area contributed by atoms with E-state index in [2.05, 4.69) is 20.0 Å². The van der Waals surface area contributed by atoms with Crippen LogP contribution < -0.4 is 16.4 Å². The Labute approximate surface area is 119 Å². The van der Waals surface area contributed by atoms with E-state index in [4.69, 9.17) is 0 Å². The topological polar surface area (TPSA) is 93.6 Å².